The van der Waals surface area contributed by atoms with E-state index in [-0.39, 0.29) is 5.69 Å². The highest BCUT2D eigenvalue weighted by atomic mass is 16.4. The Kier molecular flexibility index (Phi) is 1.95. The SMILES string of the molecule is Cc1nnc(Cn2ccn(C)c2=O)o1. The zero-order valence-electron chi connectivity index (χ0n) is 7.97. The van der Waals surface area contributed by atoms with Gasteiger partial charge in [-0.2, -0.15) is 0 Å². The molecule has 0 spiro atoms. The summed E-state index contributed by atoms with van der Waals surface area (Å²) in [6, 6.07) is 0. The average Bonchev–Trinajstić information content (AvgIpc) is 2.67. The highest BCUT2D eigenvalue weighted by Gasteiger charge is 2.05. The summed E-state index contributed by atoms with van der Waals surface area (Å²) in [7, 11) is 1.69. The van der Waals surface area contributed by atoms with E-state index in [9.17, 15) is 4.79 Å². The predicted octanol–water partition coefficient (Wildman–Crippen LogP) is -0.0735. The molecule has 0 amide bonds. The molecule has 0 N–H and O–H groups in total. The minimum atomic E-state index is -0.0964. The molecule has 0 atom stereocenters. The van der Waals surface area contributed by atoms with Crippen molar-refractivity contribution in [3.05, 3.63) is 34.7 Å². The molecule has 6 nitrogen and oxygen atoms in total. The quantitative estimate of drug-likeness (QED) is 0.671. The Morgan fingerprint density at radius 3 is 2.71 bits per heavy atom. The molecule has 0 fully saturated rings. The second kappa shape index (κ2) is 3.13. The van der Waals surface area contributed by atoms with Crippen LogP contribution in [-0.2, 0) is 13.6 Å². The predicted molar refractivity (Wildman–Crippen MR) is 47.8 cm³/mol. The van der Waals surface area contributed by atoms with Gasteiger partial charge >= 0.3 is 5.69 Å². The maximum Gasteiger partial charge on any atom is 0.328 e. The lowest BCUT2D eigenvalue weighted by Crippen LogP contribution is -2.22. The molecule has 14 heavy (non-hydrogen) atoms. The van der Waals surface area contributed by atoms with Gasteiger partial charge in [0.25, 0.3) is 0 Å². The summed E-state index contributed by atoms with van der Waals surface area (Å²) >= 11 is 0. The average molecular weight is 194 g/mol. The lowest BCUT2D eigenvalue weighted by Gasteiger charge is -1.94. The molecule has 0 aliphatic rings. The molecule has 6 heteroatoms. The van der Waals surface area contributed by atoms with Crippen molar-refractivity contribution in [3.63, 3.8) is 0 Å². The highest BCUT2D eigenvalue weighted by Crippen LogP contribution is 1.99. The zero-order valence-corrected chi connectivity index (χ0v) is 7.97. The Labute approximate surface area is 79.8 Å². The molecule has 0 aromatic carbocycles. The molecule has 2 aromatic rings. The summed E-state index contributed by atoms with van der Waals surface area (Å²) in [5.74, 6) is 0.944. The van der Waals surface area contributed by atoms with Gasteiger partial charge in [-0.05, 0) is 0 Å². The summed E-state index contributed by atoms with van der Waals surface area (Å²) in [6.45, 7) is 2.03. The Bertz CT molecular complexity index is 493. The molecule has 2 heterocycles. The zero-order chi connectivity index (χ0) is 10.1. The van der Waals surface area contributed by atoms with Crippen molar-refractivity contribution in [1.29, 1.82) is 0 Å². The van der Waals surface area contributed by atoms with Gasteiger partial charge in [-0.1, -0.05) is 0 Å². The van der Waals surface area contributed by atoms with Gasteiger partial charge in [0.2, 0.25) is 11.8 Å². The number of aromatic nitrogens is 4. The minimum Gasteiger partial charge on any atom is -0.424 e. The van der Waals surface area contributed by atoms with Crippen molar-refractivity contribution < 1.29 is 4.42 Å². The summed E-state index contributed by atoms with van der Waals surface area (Å²) in [6.07, 6.45) is 3.37. The second-order valence-corrected chi connectivity index (χ2v) is 3.03. The standard InChI is InChI=1S/C8H10N4O2/c1-6-9-10-7(14-6)5-12-4-3-11(2)8(12)13/h3-4H,5H2,1-2H3. The molecule has 0 aliphatic carbocycles. The Hall–Kier alpha value is -1.85. The van der Waals surface area contributed by atoms with Crippen molar-refractivity contribution >= 4 is 0 Å². The molecule has 2 rings (SSSR count). The van der Waals surface area contributed by atoms with E-state index in [1.54, 1.807) is 26.4 Å². The summed E-state index contributed by atoms with van der Waals surface area (Å²) in [5, 5.41) is 7.49. The van der Waals surface area contributed by atoms with Gasteiger partial charge in [-0.3, -0.25) is 4.57 Å². The van der Waals surface area contributed by atoms with E-state index in [0.29, 0.717) is 18.3 Å². The fraction of sp³-hybridized carbons (Fsp3) is 0.375. The van der Waals surface area contributed by atoms with Crippen LogP contribution < -0.4 is 5.69 Å². The Balaban J connectivity index is 2.27. The van der Waals surface area contributed by atoms with Crippen LogP contribution in [0.25, 0.3) is 0 Å². The van der Waals surface area contributed by atoms with E-state index in [1.807, 2.05) is 0 Å². The van der Waals surface area contributed by atoms with Crippen molar-refractivity contribution in [1.82, 2.24) is 19.3 Å². The third-order valence-electron chi connectivity index (χ3n) is 1.89. The fourth-order valence-electron chi connectivity index (χ4n) is 1.18. The highest BCUT2D eigenvalue weighted by molar-refractivity contribution is 4.86. The van der Waals surface area contributed by atoms with Crippen LogP contribution in [0.3, 0.4) is 0 Å². The Morgan fingerprint density at radius 1 is 1.43 bits per heavy atom. The van der Waals surface area contributed by atoms with Crippen LogP contribution in [0.5, 0.6) is 0 Å². The largest absolute Gasteiger partial charge is 0.424 e. The van der Waals surface area contributed by atoms with Gasteiger partial charge < -0.3 is 8.98 Å². The van der Waals surface area contributed by atoms with E-state index in [4.69, 9.17) is 4.42 Å². The van der Waals surface area contributed by atoms with E-state index in [0.717, 1.165) is 0 Å². The monoisotopic (exact) mass is 194 g/mol. The number of nitrogens with zero attached hydrogens (tertiary/aromatic N) is 4. The third-order valence-corrected chi connectivity index (χ3v) is 1.89. The van der Waals surface area contributed by atoms with Crippen LogP contribution in [0.15, 0.2) is 21.6 Å². The van der Waals surface area contributed by atoms with Crippen LogP contribution in [0.1, 0.15) is 11.8 Å². The number of rotatable bonds is 2. The summed E-state index contributed by atoms with van der Waals surface area (Å²) in [5.41, 5.74) is -0.0964. The van der Waals surface area contributed by atoms with Gasteiger partial charge in [0, 0.05) is 26.4 Å². The number of imidazole rings is 1. The van der Waals surface area contributed by atoms with Crippen LogP contribution >= 0.6 is 0 Å². The van der Waals surface area contributed by atoms with E-state index in [2.05, 4.69) is 10.2 Å². The van der Waals surface area contributed by atoms with Crippen molar-refractivity contribution in [3.8, 4) is 0 Å². The van der Waals surface area contributed by atoms with Gasteiger partial charge in [-0.25, -0.2) is 4.79 Å². The number of hydrogen-bond acceptors (Lipinski definition) is 4. The minimum absolute atomic E-state index is 0.0964. The first-order valence-corrected chi connectivity index (χ1v) is 4.17. The van der Waals surface area contributed by atoms with Gasteiger partial charge in [0.15, 0.2) is 0 Å². The van der Waals surface area contributed by atoms with E-state index < -0.39 is 0 Å². The molecule has 0 saturated heterocycles. The molecule has 0 unspecified atom stereocenters. The van der Waals surface area contributed by atoms with E-state index in [1.165, 1.54) is 9.13 Å². The summed E-state index contributed by atoms with van der Waals surface area (Å²) in [4.78, 5) is 11.4. The molecule has 0 aliphatic heterocycles. The van der Waals surface area contributed by atoms with E-state index >= 15 is 0 Å². The lowest BCUT2D eigenvalue weighted by atomic mass is 10.6. The second-order valence-electron chi connectivity index (χ2n) is 3.03. The molecule has 0 bridgehead atoms. The lowest BCUT2D eigenvalue weighted by molar-refractivity contribution is 0.451. The number of aryl methyl sites for hydroxylation is 2. The van der Waals surface area contributed by atoms with Crippen molar-refractivity contribution in [2.45, 2.75) is 13.5 Å². The topological polar surface area (TPSA) is 65.8 Å². The first-order valence-electron chi connectivity index (χ1n) is 4.17. The maximum atomic E-state index is 11.4. The smallest absolute Gasteiger partial charge is 0.328 e. The van der Waals surface area contributed by atoms with Crippen molar-refractivity contribution in [2.75, 3.05) is 0 Å². The van der Waals surface area contributed by atoms with Gasteiger partial charge in [-0.15, -0.1) is 10.2 Å². The van der Waals surface area contributed by atoms with Gasteiger partial charge in [0.1, 0.15) is 6.54 Å². The third kappa shape index (κ3) is 1.46. The molecule has 74 valence electrons. The summed E-state index contributed by atoms with van der Waals surface area (Å²) < 4.78 is 8.16. The first kappa shape index (κ1) is 8.74. The van der Waals surface area contributed by atoms with Crippen LogP contribution in [0.2, 0.25) is 0 Å². The molecule has 0 radical (unpaired) electrons. The van der Waals surface area contributed by atoms with Crippen molar-refractivity contribution in [2.24, 2.45) is 7.05 Å². The molecule has 0 saturated carbocycles. The molecule has 2 aromatic heterocycles. The van der Waals surface area contributed by atoms with Crippen LogP contribution in [-0.4, -0.2) is 19.3 Å². The van der Waals surface area contributed by atoms with Gasteiger partial charge in [0.05, 0.1) is 0 Å². The number of hydrogen-bond donors (Lipinski definition) is 0. The fourth-order valence-corrected chi connectivity index (χ4v) is 1.18. The normalized spacial score (nSPS) is 10.7. The molecular formula is C8H10N4O2. The van der Waals surface area contributed by atoms with Crippen LogP contribution in [0.4, 0.5) is 0 Å². The first-order chi connectivity index (χ1) is 6.66. The maximum absolute atomic E-state index is 11.4. The Morgan fingerprint density at radius 2 is 2.21 bits per heavy atom. The molecular weight excluding hydrogens is 184 g/mol. The van der Waals surface area contributed by atoms with Crippen LogP contribution in [0, 0.1) is 6.92 Å².